The Hall–Kier alpha value is -1.27. The molecule has 0 fully saturated rings. The summed E-state index contributed by atoms with van der Waals surface area (Å²) in [5.74, 6) is -0.184. The molecule has 0 saturated heterocycles. The number of benzene rings is 2. The highest BCUT2D eigenvalue weighted by Crippen LogP contribution is 2.38. The van der Waals surface area contributed by atoms with E-state index in [1.165, 1.54) is 6.07 Å². The molecule has 0 bridgehead atoms. The van der Waals surface area contributed by atoms with Crippen molar-refractivity contribution >= 4 is 48.8 Å². The lowest BCUT2D eigenvalue weighted by Crippen LogP contribution is -2.29. The fourth-order valence-corrected chi connectivity index (χ4v) is 4.79. The largest absolute Gasteiger partial charge is 0.331 e. The van der Waals surface area contributed by atoms with Crippen LogP contribution in [0.3, 0.4) is 0 Å². The lowest BCUT2D eigenvalue weighted by atomic mass is 10.1. The molecule has 4 nitrogen and oxygen atoms in total. The summed E-state index contributed by atoms with van der Waals surface area (Å²) in [7, 11) is 1.64. The van der Waals surface area contributed by atoms with Gasteiger partial charge in [-0.25, -0.2) is 8.42 Å². The third-order valence-corrected chi connectivity index (χ3v) is 6.50. The number of nitrogens with zero attached hydrogens (tertiary/aromatic N) is 1. The summed E-state index contributed by atoms with van der Waals surface area (Å²) in [6.07, 6.45) is 0.0415. The third kappa shape index (κ3) is 3.51. The summed E-state index contributed by atoms with van der Waals surface area (Å²) < 4.78 is 23.6. The van der Waals surface area contributed by atoms with Crippen molar-refractivity contribution in [3.63, 3.8) is 0 Å². The number of hydrogen-bond acceptors (Lipinski definition) is 3. The lowest BCUT2D eigenvalue weighted by Gasteiger charge is -2.22. The summed E-state index contributed by atoms with van der Waals surface area (Å²) in [6, 6.07) is 9.69. The standard InChI is InChI=1S/C17H14Cl3NO3S/c1-10-11-4-2-7-16(25(20,23)24)13(11)9-21(10)17(22)8-12-14(18)5-3-6-15(12)19/h2-7,10H,8-9H2,1H3/t10-/m0/s1. The number of carbonyl (C=O) groups excluding carboxylic acids is 1. The average Bonchev–Trinajstić information content (AvgIpc) is 2.87. The van der Waals surface area contributed by atoms with Crippen LogP contribution in [0, 0.1) is 0 Å². The van der Waals surface area contributed by atoms with E-state index in [0.717, 1.165) is 5.56 Å². The minimum absolute atomic E-state index is 0.0415. The van der Waals surface area contributed by atoms with Crippen LogP contribution in [0.15, 0.2) is 41.3 Å². The number of hydrogen-bond donors (Lipinski definition) is 0. The van der Waals surface area contributed by atoms with E-state index >= 15 is 0 Å². The first-order valence-electron chi connectivity index (χ1n) is 7.49. The molecule has 25 heavy (non-hydrogen) atoms. The Morgan fingerprint density at radius 2 is 1.76 bits per heavy atom. The van der Waals surface area contributed by atoms with E-state index in [4.69, 9.17) is 33.9 Å². The normalized spacial score (nSPS) is 16.8. The third-order valence-electron chi connectivity index (χ3n) is 4.39. The molecule has 0 radical (unpaired) electrons. The molecule has 0 N–H and O–H groups in total. The van der Waals surface area contributed by atoms with Gasteiger partial charge < -0.3 is 4.90 Å². The van der Waals surface area contributed by atoms with Crippen LogP contribution < -0.4 is 0 Å². The topological polar surface area (TPSA) is 54.5 Å². The first-order chi connectivity index (χ1) is 11.7. The smallest absolute Gasteiger partial charge is 0.261 e. The molecule has 1 aliphatic heterocycles. The molecule has 8 heteroatoms. The van der Waals surface area contributed by atoms with Crippen LogP contribution in [0.5, 0.6) is 0 Å². The van der Waals surface area contributed by atoms with Crippen molar-refractivity contribution in [1.29, 1.82) is 0 Å². The number of fused-ring (bicyclic) bond motifs is 1. The van der Waals surface area contributed by atoms with E-state index in [-0.39, 0.29) is 29.8 Å². The predicted molar refractivity (Wildman–Crippen MR) is 98.6 cm³/mol. The van der Waals surface area contributed by atoms with E-state index in [1.54, 1.807) is 35.2 Å². The lowest BCUT2D eigenvalue weighted by molar-refractivity contribution is -0.132. The molecule has 1 heterocycles. The molecule has 0 aliphatic carbocycles. The Labute approximate surface area is 160 Å². The Balaban J connectivity index is 1.92. The molecule has 132 valence electrons. The van der Waals surface area contributed by atoms with Crippen LogP contribution >= 0.6 is 33.9 Å². The summed E-state index contributed by atoms with van der Waals surface area (Å²) in [6.45, 7) is 2.03. The van der Waals surface area contributed by atoms with Gasteiger partial charge in [-0.3, -0.25) is 4.79 Å². The second-order valence-electron chi connectivity index (χ2n) is 5.84. The quantitative estimate of drug-likeness (QED) is 0.686. The van der Waals surface area contributed by atoms with Crippen molar-refractivity contribution in [3.05, 3.63) is 63.1 Å². The highest BCUT2D eigenvalue weighted by molar-refractivity contribution is 8.13. The summed E-state index contributed by atoms with van der Waals surface area (Å²) in [5.41, 5.74) is 1.90. The second kappa shape index (κ2) is 6.80. The van der Waals surface area contributed by atoms with Crippen molar-refractivity contribution in [2.45, 2.75) is 30.8 Å². The van der Waals surface area contributed by atoms with E-state index in [0.29, 0.717) is 21.2 Å². The van der Waals surface area contributed by atoms with Crippen molar-refractivity contribution in [1.82, 2.24) is 4.90 Å². The van der Waals surface area contributed by atoms with Crippen molar-refractivity contribution < 1.29 is 13.2 Å². The second-order valence-corrected chi connectivity index (χ2v) is 9.19. The minimum atomic E-state index is -3.88. The van der Waals surface area contributed by atoms with E-state index in [1.807, 2.05) is 6.92 Å². The van der Waals surface area contributed by atoms with Crippen LogP contribution in [0.25, 0.3) is 0 Å². The fraction of sp³-hybridized carbons (Fsp3) is 0.235. The van der Waals surface area contributed by atoms with Gasteiger partial charge in [-0.1, -0.05) is 41.4 Å². The maximum Gasteiger partial charge on any atom is 0.261 e. The number of amides is 1. The molecule has 0 unspecified atom stereocenters. The molecule has 0 spiro atoms. The Kier molecular flexibility index (Phi) is 5.04. The highest BCUT2D eigenvalue weighted by atomic mass is 35.7. The monoisotopic (exact) mass is 417 g/mol. The summed E-state index contributed by atoms with van der Waals surface area (Å²) in [4.78, 5) is 14.4. The molecular weight excluding hydrogens is 405 g/mol. The molecule has 1 atom stereocenters. The predicted octanol–water partition coefficient (Wildman–Crippen LogP) is 4.57. The molecule has 3 rings (SSSR count). The van der Waals surface area contributed by atoms with Gasteiger partial charge >= 0.3 is 0 Å². The fourth-order valence-electron chi connectivity index (χ4n) is 3.10. The van der Waals surface area contributed by atoms with Crippen LogP contribution in [-0.4, -0.2) is 19.2 Å². The van der Waals surface area contributed by atoms with Gasteiger partial charge in [0, 0.05) is 27.3 Å². The molecule has 2 aromatic rings. The van der Waals surface area contributed by atoms with Gasteiger partial charge in [0.25, 0.3) is 9.05 Å². The molecule has 0 aromatic heterocycles. The van der Waals surface area contributed by atoms with Gasteiger partial charge in [-0.15, -0.1) is 0 Å². The first-order valence-corrected chi connectivity index (χ1v) is 10.6. The van der Waals surface area contributed by atoms with E-state index in [2.05, 4.69) is 0 Å². The SMILES string of the molecule is C[C@H]1c2cccc(S(=O)(=O)Cl)c2CN1C(=O)Cc1c(Cl)cccc1Cl. The number of rotatable bonds is 3. The van der Waals surface area contributed by atoms with Gasteiger partial charge in [0.15, 0.2) is 0 Å². The van der Waals surface area contributed by atoms with Crippen LogP contribution in [0.4, 0.5) is 0 Å². The molecule has 0 saturated carbocycles. The van der Waals surface area contributed by atoms with Crippen molar-refractivity contribution in [3.8, 4) is 0 Å². The Morgan fingerprint density at radius 3 is 2.36 bits per heavy atom. The minimum Gasteiger partial charge on any atom is -0.331 e. The zero-order chi connectivity index (χ0) is 18.4. The highest BCUT2D eigenvalue weighted by Gasteiger charge is 2.34. The summed E-state index contributed by atoms with van der Waals surface area (Å²) >= 11 is 12.3. The van der Waals surface area contributed by atoms with Gasteiger partial charge in [-0.2, -0.15) is 0 Å². The van der Waals surface area contributed by atoms with Crippen LogP contribution in [0.2, 0.25) is 10.0 Å². The maximum absolute atomic E-state index is 12.8. The van der Waals surface area contributed by atoms with Crippen molar-refractivity contribution in [2.24, 2.45) is 0 Å². The van der Waals surface area contributed by atoms with Crippen LogP contribution in [-0.2, 0) is 26.8 Å². The molecule has 1 amide bonds. The molecule has 1 aliphatic rings. The maximum atomic E-state index is 12.8. The van der Waals surface area contributed by atoms with E-state index < -0.39 is 9.05 Å². The van der Waals surface area contributed by atoms with Gasteiger partial charge in [-0.05, 0) is 41.8 Å². The number of halogens is 3. The zero-order valence-electron chi connectivity index (χ0n) is 13.2. The van der Waals surface area contributed by atoms with Gasteiger partial charge in [0.2, 0.25) is 5.91 Å². The van der Waals surface area contributed by atoms with E-state index in [9.17, 15) is 13.2 Å². The van der Waals surface area contributed by atoms with Gasteiger partial charge in [0.1, 0.15) is 0 Å². The summed E-state index contributed by atoms with van der Waals surface area (Å²) in [5, 5.41) is 0.850. The number of carbonyl (C=O) groups is 1. The molecule has 2 aromatic carbocycles. The zero-order valence-corrected chi connectivity index (χ0v) is 16.3. The average molecular weight is 419 g/mol. The van der Waals surface area contributed by atoms with Crippen LogP contribution in [0.1, 0.15) is 29.7 Å². The first kappa shape index (κ1) is 18.5. The van der Waals surface area contributed by atoms with Crippen molar-refractivity contribution in [2.75, 3.05) is 0 Å². The Morgan fingerprint density at radius 1 is 1.16 bits per heavy atom. The Bertz CT molecular complexity index is 939. The van der Waals surface area contributed by atoms with Gasteiger partial charge in [0.05, 0.1) is 17.4 Å². The molecular formula is C17H14Cl3NO3S.